The van der Waals surface area contributed by atoms with Gasteiger partial charge in [0.2, 0.25) is 0 Å². The van der Waals surface area contributed by atoms with E-state index in [9.17, 15) is 22.0 Å². The van der Waals surface area contributed by atoms with Gasteiger partial charge in [0.25, 0.3) is 0 Å². The van der Waals surface area contributed by atoms with Gasteiger partial charge in [-0.3, -0.25) is 0 Å². The average molecular weight is 400 g/mol. The molecule has 1 aromatic rings. The SMILES string of the molecule is CCC1CCC(C2CCC(c3cc(F)c(C#CC(F)(F)F)c(F)c3)OC2)CC1. The van der Waals surface area contributed by atoms with Crippen LogP contribution in [0, 0.1) is 41.2 Å². The molecule has 1 aliphatic heterocycles. The highest BCUT2D eigenvalue weighted by molar-refractivity contribution is 5.40. The molecule has 2 aliphatic rings. The molecule has 0 aromatic heterocycles. The molecule has 2 atom stereocenters. The Balaban J connectivity index is 1.62. The van der Waals surface area contributed by atoms with Crippen molar-refractivity contribution in [1.29, 1.82) is 0 Å². The molecular formula is C22H25F5O. The predicted molar refractivity (Wildman–Crippen MR) is 96.4 cm³/mol. The Morgan fingerprint density at radius 2 is 1.57 bits per heavy atom. The highest BCUT2D eigenvalue weighted by Gasteiger charge is 2.32. The van der Waals surface area contributed by atoms with Crippen LogP contribution in [0.3, 0.4) is 0 Å². The van der Waals surface area contributed by atoms with E-state index < -0.39 is 29.5 Å². The lowest BCUT2D eigenvalue weighted by atomic mass is 9.73. The Bertz CT molecular complexity index is 707. The van der Waals surface area contributed by atoms with Crippen molar-refractivity contribution in [2.75, 3.05) is 6.61 Å². The number of alkyl halides is 3. The van der Waals surface area contributed by atoms with Crippen LogP contribution >= 0.6 is 0 Å². The third-order valence-corrected chi connectivity index (χ3v) is 6.21. The third-order valence-electron chi connectivity index (χ3n) is 6.21. The van der Waals surface area contributed by atoms with E-state index in [1.54, 1.807) is 5.92 Å². The van der Waals surface area contributed by atoms with Gasteiger partial charge in [0, 0.05) is 5.92 Å². The second kappa shape index (κ2) is 8.82. The fourth-order valence-corrected chi connectivity index (χ4v) is 4.51. The average Bonchev–Trinajstić information content (AvgIpc) is 2.66. The predicted octanol–water partition coefficient (Wildman–Crippen LogP) is 6.56. The highest BCUT2D eigenvalue weighted by atomic mass is 19.4. The smallest absolute Gasteiger partial charge is 0.373 e. The van der Waals surface area contributed by atoms with Gasteiger partial charge in [0.05, 0.1) is 18.3 Å². The summed E-state index contributed by atoms with van der Waals surface area (Å²) in [5.41, 5.74) is -0.539. The molecule has 0 bridgehead atoms. The zero-order chi connectivity index (χ0) is 20.3. The molecule has 1 saturated carbocycles. The maximum atomic E-state index is 14.1. The minimum Gasteiger partial charge on any atom is -0.373 e. The quantitative estimate of drug-likeness (QED) is 0.412. The van der Waals surface area contributed by atoms with Crippen LogP contribution in [0.1, 0.15) is 69.1 Å². The molecule has 1 saturated heterocycles. The van der Waals surface area contributed by atoms with Crippen molar-refractivity contribution in [2.24, 2.45) is 17.8 Å². The van der Waals surface area contributed by atoms with Gasteiger partial charge < -0.3 is 4.74 Å². The van der Waals surface area contributed by atoms with E-state index in [0.717, 1.165) is 30.4 Å². The van der Waals surface area contributed by atoms with Crippen LogP contribution in [-0.4, -0.2) is 12.8 Å². The second-order valence-corrected chi connectivity index (χ2v) is 7.96. The Labute approximate surface area is 162 Å². The lowest BCUT2D eigenvalue weighted by molar-refractivity contribution is -0.0696. The first-order chi connectivity index (χ1) is 13.3. The monoisotopic (exact) mass is 400 g/mol. The van der Waals surface area contributed by atoms with Crippen LogP contribution in [0.4, 0.5) is 22.0 Å². The van der Waals surface area contributed by atoms with Crippen molar-refractivity contribution in [3.63, 3.8) is 0 Å². The fraction of sp³-hybridized carbons (Fsp3) is 0.636. The Morgan fingerprint density at radius 1 is 0.964 bits per heavy atom. The summed E-state index contributed by atoms with van der Waals surface area (Å²) in [6.07, 6.45) is 2.55. The van der Waals surface area contributed by atoms with E-state index in [1.165, 1.54) is 32.1 Å². The summed E-state index contributed by atoms with van der Waals surface area (Å²) in [6, 6.07) is 2.09. The van der Waals surface area contributed by atoms with E-state index in [0.29, 0.717) is 30.4 Å². The van der Waals surface area contributed by atoms with Crippen molar-refractivity contribution < 1.29 is 26.7 Å². The maximum Gasteiger partial charge on any atom is 0.458 e. The summed E-state index contributed by atoms with van der Waals surface area (Å²) in [7, 11) is 0. The van der Waals surface area contributed by atoms with E-state index in [2.05, 4.69) is 6.92 Å². The van der Waals surface area contributed by atoms with Gasteiger partial charge in [-0.15, -0.1) is 0 Å². The van der Waals surface area contributed by atoms with Gasteiger partial charge in [0.1, 0.15) is 11.6 Å². The molecule has 3 rings (SSSR count). The number of hydrogen-bond donors (Lipinski definition) is 0. The van der Waals surface area contributed by atoms with E-state index in [1.807, 2.05) is 0 Å². The third kappa shape index (κ3) is 5.26. The Kier molecular flexibility index (Phi) is 6.65. The van der Waals surface area contributed by atoms with Crippen molar-refractivity contribution in [3.05, 3.63) is 34.9 Å². The van der Waals surface area contributed by atoms with Crippen LogP contribution < -0.4 is 0 Å². The number of benzene rings is 1. The highest BCUT2D eigenvalue weighted by Crippen LogP contribution is 2.41. The van der Waals surface area contributed by atoms with Crippen LogP contribution in [0.5, 0.6) is 0 Å². The number of ether oxygens (including phenoxy) is 1. The molecule has 6 heteroatoms. The van der Waals surface area contributed by atoms with Crippen molar-refractivity contribution in [2.45, 2.75) is 64.1 Å². The number of hydrogen-bond acceptors (Lipinski definition) is 1. The molecule has 28 heavy (non-hydrogen) atoms. The van der Waals surface area contributed by atoms with Gasteiger partial charge in [-0.2, -0.15) is 13.2 Å². The molecule has 1 nitrogen and oxygen atoms in total. The van der Waals surface area contributed by atoms with Gasteiger partial charge in [-0.1, -0.05) is 32.1 Å². The van der Waals surface area contributed by atoms with Crippen LogP contribution in [-0.2, 0) is 4.74 Å². The molecule has 0 amide bonds. The minimum atomic E-state index is -4.80. The molecule has 1 aromatic carbocycles. The standard InChI is InChI=1S/C22H25F5O/c1-2-14-3-5-15(6-4-14)16-7-8-21(28-13-16)17-11-19(23)18(20(24)12-17)9-10-22(25,26)27/h11-12,14-16,21H,2-8,13H2,1H3. The maximum absolute atomic E-state index is 14.1. The molecule has 0 N–H and O–H groups in total. The normalized spacial score (nSPS) is 28.5. The van der Waals surface area contributed by atoms with E-state index in [4.69, 9.17) is 4.74 Å². The molecule has 1 aliphatic carbocycles. The molecule has 2 unspecified atom stereocenters. The van der Waals surface area contributed by atoms with Gasteiger partial charge in [0.15, 0.2) is 0 Å². The number of halogens is 5. The van der Waals surface area contributed by atoms with Crippen molar-refractivity contribution in [3.8, 4) is 11.8 Å². The lowest BCUT2D eigenvalue weighted by Crippen LogP contribution is -2.29. The van der Waals surface area contributed by atoms with Gasteiger partial charge in [-0.05, 0) is 61.1 Å². The first-order valence-electron chi connectivity index (χ1n) is 9.97. The Hall–Kier alpha value is -1.61. The van der Waals surface area contributed by atoms with Crippen molar-refractivity contribution >= 4 is 0 Å². The van der Waals surface area contributed by atoms with Crippen LogP contribution in [0.2, 0.25) is 0 Å². The topological polar surface area (TPSA) is 9.23 Å². The molecule has 0 spiro atoms. The lowest BCUT2D eigenvalue weighted by Gasteiger charge is -2.37. The first-order valence-corrected chi connectivity index (χ1v) is 9.97. The summed E-state index contributed by atoms with van der Waals surface area (Å²) >= 11 is 0. The van der Waals surface area contributed by atoms with Crippen LogP contribution in [0.15, 0.2) is 12.1 Å². The van der Waals surface area contributed by atoms with Gasteiger partial charge in [-0.25, -0.2) is 8.78 Å². The minimum absolute atomic E-state index is 0.320. The molecular weight excluding hydrogens is 375 g/mol. The fourth-order valence-electron chi connectivity index (χ4n) is 4.51. The van der Waals surface area contributed by atoms with Crippen LogP contribution in [0.25, 0.3) is 0 Å². The zero-order valence-electron chi connectivity index (χ0n) is 15.9. The molecule has 154 valence electrons. The summed E-state index contributed by atoms with van der Waals surface area (Å²) in [6.45, 7) is 2.79. The summed E-state index contributed by atoms with van der Waals surface area (Å²) in [5.74, 6) is 2.23. The largest absolute Gasteiger partial charge is 0.458 e. The van der Waals surface area contributed by atoms with E-state index >= 15 is 0 Å². The second-order valence-electron chi connectivity index (χ2n) is 7.96. The first kappa shape index (κ1) is 21.1. The summed E-state index contributed by atoms with van der Waals surface area (Å²) < 4.78 is 70.6. The van der Waals surface area contributed by atoms with Gasteiger partial charge >= 0.3 is 6.18 Å². The van der Waals surface area contributed by atoms with Crippen molar-refractivity contribution in [1.82, 2.24) is 0 Å². The zero-order valence-corrected chi connectivity index (χ0v) is 15.9. The summed E-state index contributed by atoms with van der Waals surface area (Å²) in [4.78, 5) is 0. The van der Waals surface area contributed by atoms with E-state index in [-0.39, 0.29) is 0 Å². The number of rotatable bonds is 3. The molecule has 2 fully saturated rings. The Morgan fingerprint density at radius 3 is 2.07 bits per heavy atom. The molecule has 1 heterocycles. The summed E-state index contributed by atoms with van der Waals surface area (Å²) in [5, 5.41) is 0. The molecule has 0 radical (unpaired) electrons.